The van der Waals surface area contributed by atoms with Crippen molar-refractivity contribution in [2.24, 2.45) is 0 Å². The molecule has 1 saturated carbocycles. The van der Waals surface area contributed by atoms with E-state index in [4.69, 9.17) is 11.6 Å². The molecule has 1 amide bonds. The Kier molecular flexibility index (Phi) is 5.98. The van der Waals surface area contributed by atoms with Crippen molar-refractivity contribution in [2.75, 3.05) is 13.2 Å². The van der Waals surface area contributed by atoms with Gasteiger partial charge in [0, 0.05) is 36.4 Å². The molecule has 0 radical (unpaired) electrons. The first-order valence-electron chi connectivity index (χ1n) is 9.39. The number of carbonyl (C=O) groups is 1. The predicted molar refractivity (Wildman–Crippen MR) is 106 cm³/mol. The zero-order valence-electron chi connectivity index (χ0n) is 15.9. The lowest BCUT2D eigenvalue weighted by atomic mass is 9.82. The Morgan fingerprint density at radius 3 is 2.69 bits per heavy atom. The molecule has 6 nitrogen and oxygen atoms in total. The van der Waals surface area contributed by atoms with E-state index in [1.807, 2.05) is 0 Å². The first kappa shape index (κ1) is 21.7. The van der Waals surface area contributed by atoms with Gasteiger partial charge in [0.25, 0.3) is 17.4 Å². The molecule has 1 fully saturated rings. The lowest BCUT2D eigenvalue weighted by molar-refractivity contribution is -0.121. The maximum absolute atomic E-state index is 13.6. The smallest absolute Gasteiger partial charge is 0.258 e. The number of aromatic nitrogens is 1. The number of pyridine rings is 1. The second-order valence-electron chi connectivity index (χ2n) is 7.74. The fourth-order valence-corrected chi connectivity index (χ4v) is 4.05. The van der Waals surface area contributed by atoms with Gasteiger partial charge in [-0.3, -0.25) is 9.59 Å². The highest BCUT2D eigenvalue weighted by Gasteiger charge is 2.44. The third-order valence-electron chi connectivity index (χ3n) is 5.38. The summed E-state index contributed by atoms with van der Waals surface area (Å²) in [6.45, 7) is 1.11. The van der Waals surface area contributed by atoms with Gasteiger partial charge in [-0.25, -0.2) is 8.78 Å². The van der Waals surface area contributed by atoms with E-state index in [9.17, 15) is 28.6 Å². The van der Waals surface area contributed by atoms with Crippen molar-refractivity contribution in [2.45, 2.75) is 50.2 Å². The maximum atomic E-state index is 13.6. The molecule has 3 rings (SSSR count). The Morgan fingerprint density at radius 1 is 1.31 bits per heavy atom. The van der Waals surface area contributed by atoms with Gasteiger partial charge in [0.1, 0.15) is 0 Å². The van der Waals surface area contributed by atoms with E-state index < -0.39 is 29.9 Å². The van der Waals surface area contributed by atoms with E-state index in [0.717, 1.165) is 0 Å². The number of benzene rings is 1. The van der Waals surface area contributed by atoms with E-state index in [0.29, 0.717) is 5.39 Å². The molecule has 1 aromatic heterocycles. The van der Waals surface area contributed by atoms with E-state index in [2.05, 4.69) is 5.32 Å². The number of alkyl halides is 2. The summed E-state index contributed by atoms with van der Waals surface area (Å²) in [5, 5.41) is 22.9. The number of rotatable bonds is 5. The highest BCUT2D eigenvalue weighted by atomic mass is 35.5. The molecule has 2 atom stereocenters. The van der Waals surface area contributed by atoms with Crippen molar-refractivity contribution in [3.05, 3.63) is 45.3 Å². The molecule has 0 spiro atoms. The summed E-state index contributed by atoms with van der Waals surface area (Å²) in [4.78, 5) is 25.5. The van der Waals surface area contributed by atoms with Crippen LogP contribution in [-0.4, -0.2) is 45.4 Å². The van der Waals surface area contributed by atoms with Crippen LogP contribution in [-0.2, 0) is 0 Å². The first-order valence-corrected chi connectivity index (χ1v) is 9.77. The number of carbonyl (C=O) groups excluding carboxylic acids is 1. The van der Waals surface area contributed by atoms with Crippen LogP contribution in [0, 0.1) is 0 Å². The molecule has 1 unspecified atom stereocenters. The Hall–Kier alpha value is -2.03. The number of hydrogen-bond donors (Lipinski definition) is 3. The summed E-state index contributed by atoms with van der Waals surface area (Å²) in [6, 6.07) is 4.01. The molecule has 3 N–H and O–H groups in total. The number of fused-ring (bicyclic) bond motifs is 1. The van der Waals surface area contributed by atoms with Crippen LogP contribution >= 0.6 is 11.6 Å². The fraction of sp³-hybridized carbons (Fsp3) is 0.500. The van der Waals surface area contributed by atoms with Crippen molar-refractivity contribution in [1.29, 1.82) is 0 Å². The zero-order valence-corrected chi connectivity index (χ0v) is 16.7. The second kappa shape index (κ2) is 8.01. The minimum Gasteiger partial charge on any atom is -0.394 e. The lowest BCUT2D eigenvalue weighted by Crippen LogP contribution is -2.49. The fourth-order valence-electron chi connectivity index (χ4n) is 3.80. The van der Waals surface area contributed by atoms with Crippen LogP contribution in [0.4, 0.5) is 8.78 Å². The highest BCUT2D eigenvalue weighted by molar-refractivity contribution is 6.35. The lowest BCUT2D eigenvalue weighted by Gasteiger charge is -2.36. The molecule has 29 heavy (non-hydrogen) atoms. The minimum atomic E-state index is -2.97. The Bertz CT molecular complexity index is 994. The van der Waals surface area contributed by atoms with Gasteiger partial charge in [0.15, 0.2) is 0 Å². The molecule has 0 saturated heterocycles. The molecule has 1 aliphatic rings. The molecular weight excluding hydrogens is 406 g/mol. The van der Waals surface area contributed by atoms with Crippen molar-refractivity contribution in [1.82, 2.24) is 9.88 Å². The van der Waals surface area contributed by atoms with E-state index in [1.54, 1.807) is 13.0 Å². The highest BCUT2D eigenvalue weighted by Crippen LogP contribution is 2.39. The summed E-state index contributed by atoms with van der Waals surface area (Å²) in [6.07, 6.45) is 0.797. The second-order valence-corrected chi connectivity index (χ2v) is 8.14. The summed E-state index contributed by atoms with van der Waals surface area (Å²) < 4.78 is 28.6. The van der Waals surface area contributed by atoms with Gasteiger partial charge in [-0.1, -0.05) is 11.6 Å². The van der Waals surface area contributed by atoms with Gasteiger partial charge in [0.05, 0.1) is 28.8 Å². The quantitative estimate of drug-likeness (QED) is 0.683. The molecule has 1 heterocycles. The van der Waals surface area contributed by atoms with Gasteiger partial charge in [0.2, 0.25) is 0 Å². The van der Waals surface area contributed by atoms with Gasteiger partial charge in [-0.15, -0.1) is 0 Å². The number of hydrogen-bond acceptors (Lipinski definition) is 4. The van der Waals surface area contributed by atoms with Crippen molar-refractivity contribution >= 4 is 28.3 Å². The zero-order chi connectivity index (χ0) is 21.4. The molecule has 158 valence electrons. The SMILES string of the molecule is C[C@H](CO)n1ccc2c(C(=O)NCC3(O)CCCC(F)(F)C3)c(Cl)ccc2c1=O. The van der Waals surface area contributed by atoms with Gasteiger partial charge in [-0.05, 0) is 38.0 Å². The molecule has 9 heteroatoms. The van der Waals surface area contributed by atoms with Gasteiger partial charge >= 0.3 is 0 Å². The third-order valence-corrected chi connectivity index (χ3v) is 5.69. The Labute approximate surface area is 171 Å². The molecule has 1 aliphatic carbocycles. The number of halogens is 3. The topological polar surface area (TPSA) is 91.6 Å². The van der Waals surface area contributed by atoms with Crippen LogP contribution in [0.1, 0.15) is 49.0 Å². The molecule has 0 aliphatic heterocycles. The number of aliphatic hydroxyl groups excluding tert-OH is 1. The van der Waals surface area contributed by atoms with Crippen LogP contribution in [0.3, 0.4) is 0 Å². The van der Waals surface area contributed by atoms with Crippen LogP contribution in [0.15, 0.2) is 29.2 Å². The van der Waals surface area contributed by atoms with Gasteiger partial charge < -0.3 is 20.1 Å². The van der Waals surface area contributed by atoms with Crippen molar-refractivity contribution in [3.8, 4) is 0 Å². The average Bonchev–Trinajstić information content (AvgIpc) is 2.65. The molecule has 0 bridgehead atoms. The standard InChI is InChI=1S/C20H23ClF2N2O4/c1-12(9-26)25-8-5-13-14(18(25)28)3-4-15(21)16(13)17(27)24-11-19(29)6-2-7-20(22,23)10-19/h3-5,8,12,26,29H,2,6-7,9-11H2,1H3,(H,24,27)/t12-,19?/m1/s1. The third kappa shape index (κ3) is 4.44. The number of amides is 1. The van der Waals surface area contributed by atoms with Crippen LogP contribution in [0.5, 0.6) is 0 Å². The van der Waals surface area contributed by atoms with E-state index in [1.165, 1.54) is 22.9 Å². The number of nitrogens with zero attached hydrogens (tertiary/aromatic N) is 1. The monoisotopic (exact) mass is 428 g/mol. The normalized spacial score (nSPS) is 22.4. The van der Waals surface area contributed by atoms with Crippen LogP contribution in [0.25, 0.3) is 10.8 Å². The van der Waals surface area contributed by atoms with Gasteiger partial charge in [-0.2, -0.15) is 0 Å². The summed E-state index contributed by atoms with van der Waals surface area (Å²) in [5.74, 6) is -3.63. The number of aliphatic hydroxyl groups is 2. The van der Waals surface area contributed by atoms with E-state index >= 15 is 0 Å². The summed E-state index contributed by atoms with van der Waals surface area (Å²) >= 11 is 6.19. The number of nitrogens with one attached hydrogen (secondary N) is 1. The Balaban J connectivity index is 1.91. The van der Waals surface area contributed by atoms with Crippen LogP contribution in [0.2, 0.25) is 5.02 Å². The van der Waals surface area contributed by atoms with E-state index in [-0.39, 0.29) is 53.9 Å². The maximum Gasteiger partial charge on any atom is 0.258 e. The Morgan fingerprint density at radius 2 is 2.03 bits per heavy atom. The summed E-state index contributed by atoms with van der Waals surface area (Å²) in [5.41, 5.74) is -2.05. The van der Waals surface area contributed by atoms with Crippen molar-refractivity contribution in [3.63, 3.8) is 0 Å². The van der Waals surface area contributed by atoms with Crippen LogP contribution < -0.4 is 10.9 Å². The summed E-state index contributed by atoms with van der Waals surface area (Å²) in [7, 11) is 0. The molecule has 1 aromatic carbocycles. The predicted octanol–water partition coefficient (Wildman–Crippen LogP) is 2.88. The first-order chi connectivity index (χ1) is 13.6. The van der Waals surface area contributed by atoms with Crippen molar-refractivity contribution < 1.29 is 23.8 Å². The largest absolute Gasteiger partial charge is 0.394 e. The average molecular weight is 429 g/mol. The molecular formula is C20H23ClF2N2O4. The molecule has 2 aromatic rings. The minimum absolute atomic E-state index is 0.0382.